The number of rotatable bonds is 5. The molecule has 4 heteroatoms. The molecule has 0 unspecified atom stereocenters. The minimum atomic E-state index is -0.284. The molecular weight excluding hydrogens is 258 g/mol. The molecule has 0 aromatic heterocycles. The molecule has 0 spiro atoms. The predicted molar refractivity (Wildman–Crippen MR) is 75.9 cm³/mol. The van der Waals surface area contributed by atoms with Crippen LogP contribution < -0.4 is 5.73 Å². The zero-order valence-electron chi connectivity index (χ0n) is 11.4. The van der Waals surface area contributed by atoms with Crippen LogP contribution in [0.15, 0.2) is 42.5 Å². The number of benzene rings is 2. The molecule has 2 aromatic carbocycles. The molecule has 106 valence electrons. The molecule has 2 nitrogen and oxygen atoms in total. The summed E-state index contributed by atoms with van der Waals surface area (Å²) in [4.78, 5) is 1.98. The van der Waals surface area contributed by atoms with E-state index >= 15 is 0 Å². The first-order chi connectivity index (χ1) is 9.60. The zero-order valence-corrected chi connectivity index (χ0v) is 11.4. The molecule has 0 aliphatic heterocycles. The third-order valence-electron chi connectivity index (χ3n) is 3.18. The quantitative estimate of drug-likeness (QED) is 0.909. The largest absolute Gasteiger partial charge is 0.326 e. The van der Waals surface area contributed by atoms with E-state index in [1.54, 1.807) is 24.3 Å². The molecular formula is C16H18F2N2. The Bertz CT molecular complexity index is 584. The predicted octanol–water partition coefficient (Wildman–Crippen LogP) is 3.06. The summed E-state index contributed by atoms with van der Waals surface area (Å²) in [5.74, 6) is -0.492. The first-order valence-electron chi connectivity index (χ1n) is 6.49. The Morgan fingerprint density at radius 3 is 2.35 bits per heavy atom. The van der Waals surface area contributed by atoms with E-state index in [9.17, 15) is 8.78 Å². The van der Waals surface area contributed by atoms with Gasteiger partial charge in [0.05, 0.1) is 0 Å². The molecule has 2 aromatic rings. The van der Waals surface area contributed by atoms with Crippen LogP contribution in [0.2, 0.25) is 0 Å². The zero-order chi connectivity index (χ0) is 14.5. The molecule has 0 saturated carbocycles. The minimum Gasteiger partial charge on any atom is -0.326 e. The van der Waals surface area contributed by atoms with Gasteiger partial charge in [0.2, 0.25) is 0 Å². The van der Waals surface area contributed by atoms with Gasteiger partial charge in [-0.25, -0.2) is 8.78 Å². The van der Waals surface area contributed by atoms with Crippen LogP contribution in [0.3, 0.4) is 0 Å². The maximum Gasteiger partial charge on any atom is 0.127 e. The van der Waals surface area contributed by atoms with E-state index in [1.807, 2.05) is 18.0 Å². The van der Waals surface area contributed by atoms with Gasteiger partial charge in [-0.15, -0.1) is 0 Å². The van der Waals surface area contributed by atoms with E-state index in [2.05, 4.69) is 0 Å². The van der Waals surface area contributed by atoms with Gasteiger partial charge in [0.15, 0.2) is 0 Å². The van der Waals surface area contributed by atoms with Crippen molar-refractivity contribution in [3.8, 4) is 0 Å². The molecule has 0 aliphatic rings. The van der Waals surface area contributed by atoms with Gasteiger partial charge < -0.3 is 5.73 Å². The highest BCUT2D eigenvalue weighted by Crippen LogP contribution is 2.14. The summed E-state index contributed by atoms with van der Waals surface area (Å²) in [6, 6.07) is 11.6. The Morgan fingerprint density at radius 1 is 0.950 bits per heavy atom. The fourth-order valence-corrected chi connectivity index (χ4v) is 2.17. The van der Waals surface area contributed by atoms with Crippen LogP contribution in [0.4, 0.5) is 8.78 Å². The smallest absolute Gasteiger partial charge is 0.127 e. The third-order valence-corrected chi connectivity index (χ3v) is 3.18. The van der Waals surface area contributed by atoms with Gasteiger partial charge in [-0.05, 0) is 24.7 Å². The number of hydrogen-bond acceptors (Lipinski definition) is 2. The van der Waals surface area contributed by atoms with Crippen molar-refractivity contribution in [3.63, 3.8) is 0 Å². The van der Waals surface area contributed by atoms with Gasteiger partial charge in [0, 0.05) is 30.8 Å². The number of halogens is 2. The second kappa shape index (κ2) is 6.59. The topological polar surface area (TPSA) is 29.3 Å². The van der Waals surface area contributed by atoms with E-state index in [1.165, 1.54) is 12.1 Å². The van der Waals surface area contributed by atoms with Crippen molar-refractivity contribution in [2.45, 2.75) is 19.6 Å². The van der Waals surface area contributed by atoms with Crippen LogP contribution in [0.1, 0.15) is 16.7 Å². The molecule has 0 heterocycles. The Hall–Kier alpha value is -1.78. The van der Waals surface area contributed by atoms with Gasteiger partial charge in [-0.1, -0.05) is 30.3 Å². The first-order valence-corrected chi connectivity index (χ1v) is 6.49. The van der Waals surface area contributed by atoms with E-state index < -0.39 is 0 Å². The highest BCUT2D eigenvalue weighted by molar-refractivity contribution is 5.25. The van der Waals surface area contributed by atoms with Crippen LogP contribution in [0.5, 0.6) is 0 Å². The highest BCUT2D eigenvalue weighted by atomic mass is 19.1. The molecule has 2 rings (SSSR count). The van der Waals surface area contributed by atoms with Crippen molar-refractivity contribution in [2.75, 3.05) is 7.05 Å². The summed E-state index contributed by atoms with van der Waals surface area (Å²) in [5, 5.41) is 0. The third kappa shape index (κ3) is 3.62. The second-order valence-corrected chi connectivity index (χ2v) is 4.89. The lowest BCUT2D eigenvalue weighted by Gasteiger charge is -2.17. The van der Waals surface area contributed by atoms with Crippen molar-refractivity contribution < 1.29 is 8.78 Å². The fourth-order valence-electron chi connectivity index (χ4n) is 2.17. The first kappa shape index (κ1) is 14.6. The molecule has 20 heavy (non-hydrogen) atoms. The Labute approximate surface area is 117 Å². The maximum atomic E-state index is 13.6. The Kier molecular flexibility index (Phi) is 4.82. The summed E-state index contributed by atoms with van der Waals surface area (Å²) in [5.41, 5.74) is 7.61. The molecule has 0 bridgehead atoms. The van der Waals surface area contributed by atoms with Gasteiger partial charge in [-0.3, -0.25) is 4.90 Å². The SMILES string of the molecule is CN(Cc1ccc(F)c(CN)c1)Cc1ccccc1F. The molecule has 0 atom stereocenters. The van der Waals surface area contributed by atoms with E-state index in [-0.39, 0.29) is 18.2 Å². The summed E-state index contributed by atoms with van der Waals surface area (Å²) >= 11 is 0. The van der Waals surface area contributed by atoms with E-state index in [0.29, 0.717) is 24.2 Å². The van der Waals surface area contributed by atoms with Crippen LogP contribution in [0, 0.1) is 11.6 Å². The van der Waals surface area contributed by atoms with Crippen LogP contribution in [-0.4, -0.2) is 11.9 Å². The lowest BCUT2D eigenvalue weighted by Crippen LogP contribution is -2.18. The summed E-state index contributed by atoms with van der Waals surface area (Å²) in [6.07, 6.45) is 0. The van der Waals surface area contributed by atoms with Gasteiger partial charge in [0.25, 0.3) is 0 Å². The highest BCUT2D eigenvalue weighted by Gasteiger charge is 2.07. The summed E-state index contributed by atoms with van der Waals surface area (Å²) in [7, 11) is 1.90. The fraction of sp³-hybridized carbons (Fsp3) is 0.250. The van der Waals surface area contributed by atoms with Gasteiger partial charge in [-0.2, -0.15) is 0 Å². The number of nitrogens with zero attached hydrogens (tertiary/aromatic N) is 1. The van der Waals surface area contributed by atoms with Crippen molar-refractivity contribution in [1.82, 2.24) is 4.90 Å². The molecule has 0 fully saturated rings. The normalized spacial score (nSPS) is 11.1. The average Bonchev–Trinajstić information content (AvgIpc) is 2.43. The summed E-state index contributed by atoms with van der Waals surface area (Å²) < 4.78 is 26.9. The maximum absolute atomic E-state index is 13.6. The molecule has 0 amide bonds. The molecule has 0 saturated heterocycles. The van der Waals surface area contributed by atoms with Crippen molar-refractivity contribution >= 4 is 0 Å². The lowest BCUT2D eigenvalue weighted by atomic mass is 10.1. The van der Waals surface area contributed by atoms with Crippen molar-refractivity contribution in [3.05, 3.63) is 70.8 Å². The summed E-state index contributed by atoms with van der Waals surface area (Å²) in [6.45, 7) is 1.29. The van der Waals surface area contributed by atoms with E-state index in [0.717, 1.165) is 5.56 Å². The molecule has 0 radical (unpaired) electrons. The number of hydrogen-bond donors (Lipinski definition) is 1. The van der Waals surface area contributed by atoms with Crippen LogP contribution in [0.25, 0.3) is 0 Å². The van der Waals surface area contributed by atoms with Crippen LogP contribution >= 0.6 is 0 Å². The lowest BCUT2D eigenvalue weighted by molar-refractivity contribution is 0.313. The van der Waals surface area contributed by atoms with Gasteiger partial charge >= 0.3 is 0 Å². The van der Waals surface area contributed by atoms with Crippen molar-refractivity contribution in [2.24, 2.45) is 5.73 Å². The average molecular weight is 276 g/mol. The monoisotopic (exact) mass is 276 g/mol. The molecule has 2 N–H and O–H groups in total. The second-order valence-electron chi connectivity index (χ2n) is 4.89. The standard InChI is InChI=1S/C16H18F2N2/c1-20(11-13-4-2-3-5-15(13)17)10-12-6-7-16(18)14(8-12)9-19/h2-8H,9-11,19H2,1H3. The molecule has 0 aliphatic carbocycles. The van der Waals surface area contributed by atoms with E-state index in [4.69, 9.17) is 5.73 Å². The Morgan fingerprint density at radius 2 is 1.65 bits per heavy atom. The Balaban J connectivity index is 2.05. The number of nitrogens with two attached hydrogens (primary N) is 1. The van der Waals surface area contributed by atoms with Gasteiger partial charge in [0.1, 0.15) is 11.6 Å². The van der Waals surface area contributed by atoms with Crippen molar-refractivity contribution in [1.29, 1.82) is 0 Å². The minimum absolute atomic E-state index is 0.177. The van der Waals surface area contributed by atoms with Crippen LogP contribution in [-0.2, 0) is 19.6 Å².